The Morgan fingerprint density at radius 2 is 0.333 bits per heavy atom. The van der Waals surface area contributed by atoms with E-state index in [0.29, 0.717) is 0 Å². The summed E-state index contributed by atoms with van der Waals surface area (Å²) in [4.78, 5) is 0. The van der Waals surface area contributed by atoms with Crippen LogP contribution in [0.2, 0.25) is 0 Å². The number of nitrogens with zero attached hydrogens (tertiary/aromatic N) is 1. The molecule has 1 nitrogen and oxygen atoms in total. The highest BCUT2D eigenvalue weighted by atomic mass is 35.5. The Hall–Kier alpha value is 0.250. The molecule has 0 rings (SSSR count). The van der Waals surface area contributed by atoms with Gasteiger partial charge in [-0.15, -0.1) is 0 Å². The third-order valence-corrected chi connectivity index (χ3v) is 11.4. The maximum Gasteiger partial charge on any atom is 0.0786 e. The molecular formula is C46H96ClN. The lowest BCUT2D eigenvalue weighted by molar-refractivity contribution is -0.929. The third-order valence-electron chi connectivity index (χ3n) is 11.4. The minimum Gasteiger partial charge on any atom is -1.00 e. The molecule has 0 amide bonds. The van der Waals surface area contributed by atoms with Crippen LogP contribution in [-0.4, -0.2) is 30.7 Å². The Morgan fingerprint density at radius 3 is 0.521 bits per heavy atom. The molecule has 0 aromatic rings. The fraction of sp³-hybridized carbons (Fsp3) is 1.00. The number of rotatable bonds is 42. The number of halogens is 1. The van der Waals surface area contributed by atoms with Crippen molar-refractivity contribution in [1.82, 2.24) is 0 Å². The summed E-state index contributed by atoms with van der Waals surface area (Å²) >= 11 is 0. The highest BCUT2D eigenvalue weighted by Gasteiger charge is 2.25. The van der Waals surface area contributed by atoms with Gasteiger partial charge in [-0.2, -0.15) is 0 Å². The summed E-state index contributed by atoms with van der Waals surface area (Å²) in [5.74, 6) is 0. The normalized spacial score (nSPS) is 11.8. The summed E-state index contributed by atoms with van der Waals surface area (Å²) in [7, 11) is 0. The van der Waals surface area contributed by atoms with Gasteiger partial charge in [0.1, 0.15) is 0 Å². The molecule has 0 fully saturated rings. The first-order valence-corrected chi connectivity index (χ1v) is 23.1. The van der Waals surface area contributed by atoms with Gasteiger partial charge in [0, 0.05) is 0 Å². The van der Waals surface area contributed by atoms with Crippen molar-refractivity contribution in [3.05, 3.63) is 0 Å². The molecule has 0 atom stereocenters. The Balaban J connectivity index is 0. The molecule has 0 saturated carbocycles. The number of quaternary nitrogens is 1. The molecule has 0 N–H and O–H groups in total. The predicted octanol–water partition coefficient (Wildman–Crippen LogP) is 13.7. The molecule has 0 heterocycles. The second kappa shape index (κ2) is 43.4. The molecule has 0 unspecified atom stereocenters. The summed E-state index contributed by atoms with van der Waals surface area (Å²) in [6.45, 7) is 15.3. The van der Waals surface area contributed by atoms with Crippen molar-refractivity contribution in [2.75, 3.05) is 26.2 Å². The van der Waals surface area contributed by atoms with Gasteiger partial charge in [-0.3, -0.25) is 0 Å². The quantitative estimate of drug-likeness (QED) is 0.0440. The van der Waals surface area contributed by atoms with Crippen molar-refractivity contribution >= 4 is 0 Å². The van der Waals surface area contributed by atoms with Crippen molar-refractivity contribution in [2.24, 2.45) is 0 Å². The first kappa shape index (κ1) is 50.4. The first-order chi connectivity index (χ1) is 23.2. The average Bonchev–Trinajstić information content (AvgIpc) is 3.08. The second-order valence-electron chi connectivity index (χ2n) is 16.3. The van der Waals surface area contributed by atoms with Crippen molar-refractivity contribution in [3.63, 3.8) is 0 Å². The Kier molecular flexibility index (Phi) is 45.5. The van der Waals surface area contributed by atoms with E-state index in [1.807, 2.05) is 0 Å². The monoisotopic (exact) mass is 698 g/mol. The third kappa shape index (κ3) is 37.5. The van der Waals surface area contributed by atoms with Crippen LogP contribution in [0.1, 0.15) is 272 Å². The van der Waals surface area contributed by atoms with Crippen molar-refractivity contribution in [3.8, 4) is 0 Å². The van der Waals surface area contributed by atoms with Gasteiger partial charge in [-0.25, -0.2) is 0 Å². The minimum atomic E-state index is 0. The van der Waals surface area contributed by atoms with Crippen LogP contribution in [0, 0.1) is 0 Å². The maximum atomic E-state index is 2.42. The van der Waals surface area contributed by atoms with Crippen LogP contribution >= 0.6 is 0 Å². The van der Waals surface area contributed by atoms with Crippen LogP contribution in [-0.2, 0) is 0 Å². The highest BCUT2D eigenvalue weighted by Crippen LogP contribution is 2.21. The smallest absolute Gasteiger partial charge is 0.0786 e. The molecule has 48 heavy (non-hydrogen) atoms. The topological polar surface area (TPSA) is 0 Å². The zero-order valence-electron chi connectivity index (χ0n) is 34.5. The molecule has 0 bridgehead atoms. The van der Waals surface area contributed by atoms with Crippen LogP contribution in [0.4, 0.5) is 0 Å². The molecule has 0 radical (unpaired) electrons. The summed E-state index contributed by atoms with van der Waals surface area (Å²) in [5.41, 5.74) is 0. The summed E-state index contributed by atoms with van der Waals surface area (Å²) in [5, 5.41) is 0. The van der Waals surface area contributed by atoms with E-state index >= 15 is 0 Å². The molecular weight excluding hydrogens is 602 g/mol. The highest BCUT2D eigenvalue weighted by molar-refractivity contribution is 4.56. The fourth-order valence-electron chi connectivity index (χ4n) is 8.03. The lowest BCUT2D eigenvalue weighted by Crippen LogP contribution is -3.00. The summed E-state index contributed by atoms with van der Waals surface area (Å²) in [6, 6.07) is 0. The molecule has 0 saturated heterocycles. The zero-order chi connectivity index (χ0) is 34.2. The Morgan fingerprint density at radius 1 is 0.188 bits per heavy atom. The van der Waals surface area contributed by atoms with E-state index < -0.39 is 0 Å². The molecule has 0 aromatic heterocycles. The molecule has 0 aliphatic carbocycles. The minimum absolute atomic E-state index is 0. The van der Waals surface area contributed by atoms with Crippen LogP contribution in [0.15, 0.2) is 0 Å². The number of hydrogen-bond donors (Lipinski definition) is 0. The van der Waals surface area contributed by atoms with Gasteiger partial charge >= 0.3 is 0 Å². The molecule has 0 aromatic carbocycles. The predicted molar refractivity (Wildman–Crippen MR) is 218 cm³/mol. The van der Waals surface area contributed by atoms with Crippen LogP contribution in [0.3, 0.4) is 0 Å². The average molecular weight is 699 g/mol. The molecule has 292 valence electrons. The molecule has 2 heteroatoms. The Labute approximate surface area is 313 Å². The van der Waals surface area contributed by atoms with Crippen LogP contribution < -0.4 is 12.4 Å². The lowest BCUT2D eigenvalue weighted by atomic mass is 10.0. The van der Waals surface area contributed by atoms with Gasteiger partial charge in [-0.05, 0) is 44.9 Å². The standard InChI is InChI=1S/C46H96N.ClH/c1-5-9-13-16-19-22-25-28-31-34-37-40-44-47(43-12-8-4,45-41-38-35-32-29-26-23-20-17-14-10-6-2)46-42-39-36-33-30-27-24-21-18-15-11-7-3;/h5-46H2,1-4H3;1H/q+1;/p-1. The van der Waals surface area contributed by atoms with E-state index in [0.717, 1.165) is 0 Å². The van der Waals surface area contributed by atoms with E-state index in [2.05, 4.69) is 27.7 Å². The van der Waals surface area contributed by atoms with Crippen LogP contribution in [0.25, 0.3) is 0 Å². The van der Waals surface area contributed by atoms with Gasteiger partial charge in [0.05, 0.1) is 26.2 Å². The van der Waals surface area contributed by atoms with Gasteiger partial charge in [0.15, 0.2) is 0 Å². The summed E-state index contributed by atoms with van der Waals surface area (Å²) in [6.07, 6.45) is 55.7. The van der Waals surface area contributed by atoms with Gasteiger partial charge in [0.2, 0.25) is 0 Å². The number of hydrogen-bond acceptors (Lipinski definition) is 0. The summed E-state index contributed by atoms with van der Waals surface area (Å²) < 4.78 is 1.47. The molecule has 0 spiro atoms. The molecule has 0 aliphatic rings. The Bertz CT molecular complexity index is 479. The maximum absolute atomic E-state index is 2.42. The second-order valence-corrected chi connectivity index (χ2v) is 16.3. The van der Waals surface area contributed by atoms with Gasteiger partial charge < -0.3 is 16.9 Å². The molecule has 0 aliphatic heterocycles. The van der Waals surface area contributed by atoms with E-state index in [1.165, 1.54) is 275 Å². The van der Waals surface area contributed by atoms with E-state index in [9.17, 15) is 0 Å². The largest absolute Gasteiger partial charge is 1.00 e. The van der Waals surface area contributed by atoms with Gasteiger partial charge in [-0.1, -0.05) is 227 Å². The van der Waals surface area contributed by atoms with Gasteiger partial charge in [0.25, 0.3) is 0 Å². The first-order valence-electron chi connectivity index (χ1n) is 23.1. The zero-order valence-corrected chi connectivity index (χ0v) is 35.3. The lowest BCUT2D eigenvalue weighted by Gasteiger charge is -2.39. The van der Waals surface area contributed by atoms with Crippen molar-refractivity contribution in [1.29, 1.82) is 0 Å². The van der Waals surface area contributed by atoms with Crippen LogP contribution in [0.5, 0.6) is 0 Å². The van der Waals surface area contributed by atoms with E-state index in [1.54, 1.807) is 0 Å². The van der Waals surface area contributed by atoms with E-state index in [4.69, 9.17) is 0 Å². The van der Waals surface area contributed by atoms with E-state index in [-0.39, 0.29) is 12.4 Å². The fourth-order valence-corrected chi connectivity index (χ4v) is 8.03. The van der Waals surface area contributed by atoms with Crippen molar-refractivity contribution in [2.45, 2.75) is 272 Å². The van der Waals surface area contributed by atoms with Crippen molar-refractivity contribution < 1.29 is 16.9 Å². The SMILES string of the molecule is CCCCCCCCCCCCCC[N+](CCCC)(CCCCCCCCCCCCCC)CCCCCCCCCCCCCC.[Cl-]. The number of unbranched alkanes of at least 4 members (excludes halogenated alkanes) is 34.